The first-order valence-electron chi connectivity index (χ1n) is 7.77. The SMILES string of the molecule is C=CCOC1C2CCC1N(C(=O)c1cncc(C)c1)CCO2. The van der Waals surface area contributed by atoms with Gasteiger partial charge in [0.05, 0.1) is 30.9 Å². The molecule has 2 fully saturated rings. The number of hydrogen-bond donors (Lipinski definition) is 0. The van der Waals surface area contributed by atoms with Gasteiger partial charge in [0.1, 0.15) is 6.10 Å². The molecule has 1 saturated carbocycles. The van der Waals surface area contributed by atoms with Crippen LogP contribution in [-0.4, -0.2) is 53.8 Å². The molecule has 0 aromatic carbocycles. The van der Waals surface area contributed by atoms with Crippen LogP contribution >= 0.6 is 0 Å². The van der Waals surface area contributed by atoms with E-state index in [9.17, 15) is 4.79 Å². The number of amides is 1. The molecule has 1 aliphatic heterocycles. The predicted molar refractivity (Wildman–Crippen MR) is 82.7 cm³/mol. The summed E-state index contributed by atoms with van der Waals surface area (Å²) in [6.07, 6.45) is 6.98. The zero-order valence-corrected chi connectivity index (χ0v) is 12.9. The van der Waals surface area contributed by atoms with Gasteiger partial charge in [-0.3, -0.25) is 9.78 Å². The summed E-state index contributed by atoms with van der Waals surface area (Å²) < 4.78 is 11.8. The fourth-order valence-corrected chi connectivity index (χ4v) is 3.38. The highest BCUT2D eigenvalue weighted by Crippen LogP contribution is 2.32. The van der Waals surface area contributed by atoms with Crippen LogP contribution in [0.5, 0.6) is 0 Å². The van der Waals surface area contributed by atoms with Crippen molar-refractivity contribution in [3.8, 4) is 0 Å². The third-order valence-corrected chi connectivity index (χ3v) is 4.35. The Morgan fingerprint density at radius 2 is 2.41 bits per heavy atom. The highest BCUT2D eigenvalue weighted by molar-refractivity contribution is 5.94. The molecule has 3 unspecified atom stereocenters. The summed E-state index contributed by atoms with van der Waals surface area (Å²) in [5.41, 5.74) is 1.62. The Morgan fingerprint density at radius 1 is 1.55 bits per heavy atom. The number of aromatic nitrogens is 1. The maximum absolute atomic E-state index is 12.9. The molecule has 3 atom stereocenters. The van der Waals surface area contributed by atoms with Gasteiger partial charge in [0.2, 0.25) is 0 Å². The first-order valence-corrected chi connectivity index (χ1v) is 7.77. The molecular formula is C17H22N2O3. The molecule has 3 rings (SSSR count). The second kappa shape index (κ2) is 6.58. The van der Waals surface area contributed by atoms with Gasteiger partial charge in [-0.1, -0.05) is 6.08 Å². The van der Waals surface area contributed by atoms with Gasteiger partial charge < -0.3 is 14.4 Å². The molecule has 2 heterocycles. The fraction of sp³-hybridized carbons (Fsp3) is 0.529. The van der Waals surface area contributed by atoms with Crippen molar-refractivity contribution in [2.24, 2.45) is 0 Å². The van der Waals surface area contributed by atoms with Gasteiger partial charge in [0, 0.05) is 18.9 Å². The van der Waals surface area contributed by atoms with Crippen LogP contribution in [0.25, 0.3) is 0 Å². The number of carbonyl (C=O) groups is 1. The molecule has 0 N–H and O–H groups in total. The summed E-state index contributed by atoms with van der Waals surface area (Å²) in [5.74, 6) is 0.0135. The molecule has 0 spiro atoms. The van der Waals surface area contributed by atoms with E-state index in [-0.39, 0.29) is 24.2 Å². The van der Waals surface area contributed by atoms with Gasteiger partial charge in [-0.15, -0.1) is 6.58 Å². The largest absolute Gasteiger partial charge is 0.374 e. The Balaban J connectivity index is 1.82. The minimum atomic E-state index is -0.0674. The molecular weight excluding hydrogens is 280 g/mol. The van der Waals surface area contributed by atoms with Crippen molar-refractivity contribution in [2.75, 3.05) is 19.8 Å². The average molecular weight is 302 g/mol. The highest BCUT2D eigenvalue weighted by atomic mass is 16.5. The maximum atomic E-state index is 12.9. The lowest BCUT2D eigenvalue weighted by molar-refractivity contribution is -0.0434. The van der Waals surface area contributed by atoms with E-state index in [4.69, 9.17) is 9.47 Å². The molecule has 2 bridgehead atoms. The monoisotopic (exact) mass is 302 g/mol. The van der Waals surface area contributed by atoms with Crippen molar-refractivity contribution in [3.05, 3.63) is 42.2 Å². The first kappa shape index (κ1) is 15.2. The Bertz CT molecular complexity index is 561. The lowest BCUT2D eigenvalue weighted by atomic mass is 10.1. The quantitative estimate of drug-likeness (QED) is 0.798. The lowest BCUT2D eigenvalue weighted by Gasteiger charge is -2.31. The Kier molecular flexibility index (Phi) is 4.55. The highest BCUT2D eigenvalue weighted by Gasteiger charge is 2.44. The normalized spacial score (nSPS) is 27.5. The van der Waals surface area contributed by atoms with Crippen LogP contribution in [0.4, 0.5) is 0 Å². The Morgan fingerprint density at radius 3 is 3.18 bits per heavy atom. The smallest absolute Gasteiger partial charge is 0.255 e. The van der Waals surface area contributed by atoms with Gasteiger partial charge in [-0.05, 0) is 31.4 Å². The summed E-state index contributed by atoms with van der Waals surface area (Å²) in [6, 6.07) is 1.95. The second-order valence-electron chi connectivity index (χ2n) is 5.89. The van der Waals surface area contributed by atoms with E-state index in [1.54, 1.807) is 18.5 Å². The third-order valence-electron chi connectivity index (χ3n) is 4.35. The van der Waals surface area contributed by atoms with E-state index in [0.29, 0.717) is 25.3 Å². The van der Waals surface area contributed by atoms with Gasteiger partial charge in [-0.25, -0.2) is 0 Å². The number of carbonyl (C=O) groups excluding carboxylic acids is 1. The molecule has 1 aromatic rings. The molecule has 1 amide bonds. The summed E-state index contributed by atoms with van der Waals surface area (Å²) in [7, 11) is 0. The van der Waals surface area contributed by atoms with Gasteiger partial charge in [0.25, 0.3) is 5.91 Å². The summed E-state index contributed by atoms with van der Waals surface area (Å²) in [4.78, 5) is 18.9. The zero-order valence-electron chi connectivity index (χ0n) is 12.9. The minimum Gasteiger partial charge on any atom is -0.374 e. The molecule has 0 radical (unpaired) electrons. The fourth-order valence-electron chi connectivity index (χ4n) is 3.38. The van der Waals surface area contributed by atoms with E-state index in [1.165, 1.54) is 0 Å². The van der Waals surface area contributed by atoms with E-state index < -0.39 is 0 Å². The van der Waals surface area contributed by atoms with Crippen LogP contribution in [0.15, 0.2) is 31.1 Å². The van der Waals surface area contributed by atoms with E-state index in [2.05, 4.69) is 11.6 Å². The second-order valence-corrected chi connectivity index (χ2v) is 5.89. The van der Waals surface area contributed by atoms with Gasteiger partial charge >= 0.3 is 0 Å². The van der Waals surface area contributed by atoms with Crippen LogP contribution in [0.3, 0.4) is 0 Å². The van der Waals surface area contributed by atoms with E-state index in [0.717, 1.165) is 18.4 Å². The summed E-state index contributed by atoms with van der Waals surface area (Å²) in [6.45, 7) is 7.27. The number of hydrogen-bond acceptors (Lipinski definition) is 4. The topological polar surface area (TPSA) is 51.7 Å². The lowest BCUT2D eigenvalue weighted by Crippen LogP contribution is -2.46. The first-order chi connectivity index (χ1) is 10.7. The standard InChI is InChI=1S/C17H22N2O3/c1-3-7-22-16-14-4-5-15(16)21-8-6-19(14)17(20)13-9-12(2)10-18-11-13/h3,9-11,14-16H,1,4-8H2,2H3. The van der Waals surface area contributed by atoms with Crippen LogP contribution in [0.2, 0.25) is 0 Å². The van der Waals surface area contributed by atoms with Crippen molar-refractivity contribution >= 4 is 5.91 Å². The number of nitrogens with zero attached hydrogens (tertiary/aromatic N) is 2. The van der Waals surface area contributed by atoms with Crippen LogP contribution in [-0.2, 0) is 9.47 Å². The third kappa shape index (κ3) is 2.91. The van der Waals surface area contributed by atoms with Gasteiger partial charge in [-0.2, -0.15) is 0 Å². The molecule has 5 nitrogen and oxygen atoms in total. The maximum Gasteiger partial charge on any atom is 0.255 e. The minimum absolute atomic E-state index is 0.0135. The molecule has 1 saturated heterocycles. The Labute approximate surface area is 130 Å². The van der Waals surface area contributed by atoms with Crippen LogP contribution in [0.1, 0.15) is 28.8 Å². The van der Waals surface area contributed by atoms with Crippen LogP contribution < -0.4 is 0 Å². The number of pyridine rings is 1. The van der Waals surface area contributed by atoms with E-state index >= 15 is 0 Å². The van der Waals surface area contributed by atoms with Crippen molar-refractivity contribution in [1.82, 2.24) is 9.88 Å². The van der Waals surface area contributed by atoms with Crippen molar-refractivity contribution < 1.29 is 14.3 Å². The van der Waals surface area contributed by atoms with Crippen molar-refractivity contribution in [2.45, 2.75) is 38.0 Å². The molecule has 1 aromatic heterocycles. The van der Waals surface area contributed by atoms with Crippen molar-refractivity contribution in [3.63, 3.8) is 0 Å². The molecule has 22 heavy (non-hydrogen) atoms. The number of ether oxygens (including phenoxy) is 2. The van der Waals surface area contributed by atoms with E-state index in [1.807, 2.05) is 17.9 Å². The molecule has 5 heteroatoms. The summed E-state index contributed by atoms with van der Waals surface area (Å²) >= 11 is 0. The zero-order chi connectivity index (χ0) is 15.5. The average Bonchev–Trinajstić information content (AvgIpc) is 2.80. The number of rotatable bonds is 4. The molecule has 118 valence electrons. The molecule has 1 aliphatic carbocycles. The molecule has 2 aliphatic rings. The van der Waals surface area contributed by atoms with Gasteiger partial charge in [0.15, 0.2) is 0 Å². The Hall–Kier alpha value is -1.72. The van der Waals surface area contributed by atoms with Crippen molar-refractivity contribution in [1.29, 1.82) is 0 Å². The van der Waals surface area contributed by atoms with Crippen LogP contribution in [0, 0.1) is 6.92 Å². The number of fused-ring (bicyclic) bond motifs is 2. The summed E-state index contributed by atoms with van der Waals surface area (Å²) in [5, 5.41) is 0. The number of aryl methyl sites for hydroxylation is 1. The predicted octanol–water partition coefficient (Wildman–Crippen LogP) is 1.96.